The molecular weight excluding hydrogens is 727 g/mol. The summed E-state index contributed by atoms with van der Waals surface area (Å²) in [5.74, 6) is -0.699. The van der Waals surface area contributed by atoms with Gasteiger partial charge in [-0.15, -0.1) is 5.06 Å². The fraction of sp³-hybridized carbons (Fsp3) is 0.467. The van der Waals surface area contributed by atoms with Gasteiger partial charge in [-0.2, -0.15) is 4.57 Å². The fourth-order valence-electron chi connectivity index (χ4n) is 6.87. The van der Waals surface area contributed by atoms with Crippen molar-refractivity contribution in [3.8, 4) is 17.2 Å². The molecule has 0 bridgehead atoms. The highest BCUT2D eigenvalue weighted by Crippen LogP contribution is 2.33. The third kappa shape index (κ3) is 10.9. The minimum Gasteiger partial charge on any atom is -0.494 e. The zero-order valence-corrected chi connectivity index (χ0v) is 34.0. The Morgan fingerprint density at radius 3 is 1.82 bits per heavy atom. The average molecular weight is 783 g/mol. The number of benzene rings is 3. The van der Waals surface area contributed by atoms with Gasteiger partial charge in [0, 0.05) is 49.9 Å². The van der Waals surface area contributed by atoms with Crippen LogP contribution in [0.2, 0.25) is 0 Å². The number of aryl methyl sites for hydroxylation is 3. The third-order valence-electron chi connectivity index (χ3n) is 9.99. The van der Waals surface area contributed by atoms with E-state index in [2.05, 4.69) is 30.7 Å². The molecule has 304 valence electrons. The van der Waals surface area contributed by atoms with Gasteiger partial charge in [-0.05, 0) is 87.1 Å². The van der Waals surface area contributed by atoms with Gasteiger partial charge in [0.1, 0.15) is 23.8 Å². The fourth-order valence-corrected chi connectivity index (χ4v) is 6.87. The van der Waals surface area contributed by atoms with E-state index >= 15 is 0 Å². The first-order valence-electron chi connectivity index (χ1n) is 20.4. The number of esters is 1. The molecule has 0 unspecified atom stereocenters. The van der Waals surface area contributed by atoms with Gasteiger partial charge in [-0.1, -0.05) is 46.5 Å². The van der Waals surface area contributed by atoms with E-state index < -0.39 is 23.8 Å². The highest BCUT2D eigenvalue weighted by Gasteiger charge is 2.33. The number of unbranched alkanes of at least 4 members (excludes halogenated alkanes) is 5. The molecule has 1 saturated heterocycles. The Bertz CT molecular complexity index is 2000. The topological polar surface area (TPSA) is 141 Å². The molecule has 3 amide bonds. The molecular formula is C45H56N3O9+. The number of ether oxygens (including phenoxy) is 3. The number of fused-ring (bicyclic) bond motifs is 2. The van der Waals surface area contributed by atoms with Crippen LogP contribution >= 0.6 is 0 Å². The van der Waals surface area contributed by atoms with Gasteiger partial charge in [0.2, 0.25) is 11.0 Å². The monoisotopic (exact) mass is 782 g/mol. The van der Waals surface area contributed by atoms with Gasteiger partial charge < -0.3 is 24.4 Å². The van der Waals surface area contributed by atoms with E-state index in [4.69, 9.17) is 19.0 Å². The number of hydroxylamine groups is 2. The molecule has 1 fully saturated rings. The highest BCUT2D eigenvalue weighted by atomic mass is 16.7. The number of hydrogen-bond acceptors (Lipinski definition) is 9. The maximum absolute atomic E-state index is 14.6. The second-order valence-corrected chi connectivity index (χ2v) is 14.6. The lowest BCUT2D eigenvalue weighted by molar-refractivity contribution is -0.645. The van der Waals surface area contributed by atoms with Crippen molar-refractivity contribution < 1.29 is 47.6 Å². The molecule has 12 nitrogen and oxygen atoms in total. The second-order valence-electron chi connectivity index (χ2n) is 14.6. The van der Waals surface area contributed by atoms with Crippen molar-refractivity contribution in [1.29, 1.82) is 0 Å². The Morgan fingerprint density at radius 1 is 0.719 bits per heavy atom. The van der Waals surface area contributed by atoms with Crippen LogP contribution in [-0.2, 0) is 25.8 Å². The van der Waals surface area contributed by atoms with Crippen molar-refractivity contribution in [2.45, 2.75) is 118 Å². The van der Waals surface area contributed by atoms with Crippen LogP contribution in [0.4, 0.5) is 0 Å². The van der Waals surface area contributed by atoms with Crippen LogP contribution in [0.1, 0.15) is 130 Å². The number of rotatable bonds is 21. The Morgan fingerprint density at radius 2 is 1.28 bits per heavy atom. The van der Waals surface area contributed by atoms with E-state index in [0.29, 0.717) is 83.6 Å². The van der Waals surface area contributed by atoms with Crippen molar-refractivity contribution in [2.24, 2.45) is 0 Å². The number of imide groups is 1. The maximum Gasteiger partial charge on any atom is 0.345 e. The first kappa shape index (κ1) is 42.6. The van der Waals surface area contributed by atoms with Gasteiger partial charge >= 0.3 is 11.9 Å². The van der Waals surface area contributed by atoms with E-state index in [1.165, 1.54) is 0 Å². The van der Waals surface area contributed by atoms with Gasteiger partial charge in [0.25, 0.3) is 17.7 Å². The number of pyridine rings is 1. The molecule has 0 radical (unpaired) electrons. The Labute approximate surface area is 334 Å². The molecule has 1 aliphatic rings. The summed E-state index contributed by atoms with van der Waals surface area (Å²) in [6, 6.07) is 15.3. The summed E-state index contributed by atoms with van der Waals surface area (Å²) in [5.41, 5.74) is 3.93. The van der Waals surface area contributed by atoms with Crippen molar-refractivity contribution in [3.05, 3.63) is 70.8 Å². The minimum absolute atomic E-state index is 0.0485. The average Bonchev–Trinajstić information content (AvgIpc) is 3.51. The van der Waals surface area contributed by atoms with Gasteiger partial charge in [-0.25, -0.2) is 9.59 Å². The normalized spacial score (nSPS) is 12.7. The molecule has 2 heterocycles. The lowest BCUT2D eigenvalue weighted by Crippen LogP contribution is -2.36. The Kier molecular flexibility index (Phi) is 15.4. The molecule has 12 heteroatoms. The highest BCUT2D eigenvalue weighted by molar-refractivity contribution is 6.14. The zero-order valence-electron chi connectivity index (χ0n) is 34.0. The minimum atomic E-state index is -0.638. The van der Waals surface area contributed by atoms with E-state index in [9.17, 15) is 24.0 Å². The molecule has 0 saturated carbocycles. The van der Waals surface area contributed by atoms with Crippen molar-refractivity contribution in [3.63, 3.8) is 0 Å². The number of nitrogens with one attached hydrogen (secondary N) is 1. The summed E-state index contributed by atoms with van der Waals surface area (Å²) in [6.45, 7) is 12.3. The molecule has 0 aliphatic carbocycles. The van der Waals surface area contributed by atoms with Crippen LogP contribution in [0.5, 0.6) is 17.2 Å². The summed E-state index contributed by atoms with van der Waals surface area (Å²) in [4.78, 5) is 68.0. The maximum atomic E-state index is 14.6. The first-order chi connectivity index (χ1) is 27.6. The molecule has 1 N–H and O–H groups in total. The molecule has 5 rings (SSSR count). The van der Waals surface area contributed by atoms with E-state index in [1.54, 1.807) is 12.1 Å². The first-order valence-corrected chi connectivity index (χ1v) is 20.4. The van der Waals surface area contributed by atoms with E-state index in [-0.39, 0.29) is 25.2 Å². The summed E-state index contributed by atoms with van der Waals surface area (Å²) in [7, 11) is 0. The SMILES string of the molecule is CCCCOc1ccc2c(c1)c(C(=O)Oc1c(C)cc(C(=O)NCCCCCC(=O)ON3C(=O)CCC3=O)cc1C)c1cc(OCCCC)ccc1[n+]2CCCC. The Balaban J connectivity index is 1.34. The summed E-state index contributed by atoms with van der Waals surface area (Å²) >= 11 is 0. The van der Waals surface area contributed by atoms with Crippen LogP contribution in [0.15, 0.2) is 48.5 Å². The largest absolute Gasteiger partial charge is 0.494 e. The number of hydrogen-bond donors (Lipinski definition) is 1. The van der Waals surface area contributed by atoms with Gasteiger partial charge in [-0.3, -0.25) is 14.4 Å². The summed E-state index contributed by atoms with van der Waals surface area (Å²) < 4.78 is 20.8. The number of aromatic nitrogens is 1. The molecule has 4 aromatic rings. The smallest absolute Gasteiger partial charge is 0.345 e. The number of carbonyl (C=O) groups is 5. The third-order valence-corrected chi connectivity index (χ3v) is 9.99. The molecule has 0 spiro atoms. The lowest BCUT2D eigenvalue weighted by Gasteiger charge is -2.16. The quantitative estimate of drug-likeness (QED) is 0.0221. The molecule has 57 heavy (non-hydrogen) atoms. The van der Waals surface area contributed by atoms with E-state index in [1.807, 2.05) is 50.2 Å². The molecule has 3 aromatic carbocycles. The van der Waals surface area contributed by atoms with Crippen LogP contribution in [-0.4, -0.2) is 54.5 Å². The summed E-state index contributed by atoms with van der Waals surface area (Å²) in [6.07, 6.45) is 7.68. The molecule has 0 atom stereocenters. The molecule has 1 aliphatic heterocycles. The number of nitrogens with zero attached hydrogens (tertiary/aromatic N) is 2. The van der Waals surface area contributed by atoms with Crippen molar-refractivity contribution >= 4 is 51.5 Å². The second kappa shape index (κ2) is 20.6. The summed E-state index contributed by atoms with van der Waals surface area (Å²) in [5, 5.41) is 4.92. The van der Waals surface area contributed by atoms with Crippen LogP contribution < -0.4 is 24.1 Å². The van der Waals surface area contributed by atoms with E-state index in [0.717, 1.165) is 66.9 Å². The lowest BCUT2D eigenvalue weighted by atomic mass is 10.0. The predicted molar refractivity (Wildman–Crippen MR) is 216 cm³/mol. The Hall–Kier alpha value is -5.52. The van der Waals surface area contributed by atoms with Crippen molar-refractivity contribution in [2.75, 3.05) is 19.8 Å². The van der Waals surface area contributed by atoms with Gasteiger partial charge in [0.15, 0.2) is 0 Å². The zero-order chi connectivity index (χ0) is 40.9. The standard InChI is InChI=1S/C45H55N3O9/c1-6-9-23-47-37-18-16-33(54-24-10-7-2)28-35(37)42(36-29-34(17-19-38(36)47)55-25-11-8-3)45(53)56-43-30(4)26-32(27-31(43)5)44(52)46-22-14-12-13-15-41(51)57-48-39(49)20-21-40(48)50/h16-19,26-29H,6-15,20-25H2,1-5H3/p+1. The van der Waals surface area contributed by atoms with Crippen LogP contribution in [0, 0.1) is 13.8 Å². The van der Waals surface area contributed by atoms with Crippen LogP contribution in [0.25, 0.3) is 21.8 Å². The van der Waals surface area contributed by atoms with Crippen molar-refractivity contribution in [1.82, 2.24) is 10.4 Å². The number of carbonyl (C=O) groups excluding carboxylic acids is 5. The number of amides is 3. The van der Waals surface area contributed by atoms with Crippen LogP contribution in [0.3, 0.4) is 0 Å². The molecule has 1 aromatic heterocycles. The predicted octanol–water partition coefficient (Wildman–Crippen LogP) is 8.17. The van der Waals surface area contributed by atoms with Gasteiger partial charge in [0.05, 0.1) is 29.5 Å².